The van der Waals surface area contributed by atoms with Crippen LogP contribution in [0, 0.1) is 0 Å². The summed E-state index contributed by atoms with van der Waals surface area (Å²) in [6.45, 7) is 1.94. The molecule has 3 heterocycles. The molecule has 0 radical (unpaired) electrons. The second-order valence-electron chi connectivity index (χ2n) is 5.12. The summed E-state index contributed by atoms with van der Waals surface area (Å²) < 4.78 is 0. The number of anilines is 1. The lowest BCUT2D eigenvalue weighted by Gasteiger charge is -2.26. The highest BCUT2D eigenvalue weighted by atomic mass is 32.1. The molecule has 0 N–H and O–H groups in total. The number of aromatic nitrogens is 2. The molecule has 1 aliphatic heterocycles. The summed E-state index contributed by atoms with van der Waals surface area (Å²) in [7, 11) is 0. The van der Waals surface area contributed by atoms with Crippen LogP contribution in [0.2, 0.25) is 0 Å². The van der Waals surface area contributed by atoms with Gasteiger partial charge in [-0.05, 0) is 29.7 Å². The van der Waals surface area contributed by atoms with Crippen molar-refractivity contribution >= 4 is 32.4 Å². The lowest BCUT2D eigenvalue weighted by Crippen LogP contribution is -2.27. The van der Waals surface area contributed by atoms with Crippen molar-refractivity contribution in [3.05, 3.63) is 60.3 Å². The third-order valence-corrected chi connectivity index (χ3v) is 4.82. The van der Waals surface area contributed by atoms with Crippen LogP contribution >= 0.6 is 11.3 Å². The largest absolute Gasteiger partial charge is 0.344 e. The van der Waals surface area contributed by atoms with Gasteiger partial charge < -0.3 is 4.90 Å². The number of rotatable bonds is 2. The fraction of sp³-hybridized carbons (Fsp3) is 0.176. The first-order valence-electron chi connectivity index (χ1n) is 7.11. The van der Waals surface area contributed by atoms with Crippen molar-refractivity contribution in [2.45, 2.75) is 6.42 Å². The van der Waals surface area contributed by atoms with E-state index in [1.807, 2.05) is 18.3 Å². The molecule has 3 nitrogen and oxygen atoms in total. The van der Waals surface area contributed by atoms with Gasteiger partial charge in [0.2, 0.25) is 0 Å². The zero-order valence-electron chi connectivity index (χ0n) is 11.6. The van der Waals surface area contributed by atoms with Crippen LogP contribution in [0.3, 0.4) is 0 Å². The van der Waals surface area contributed by atoms with Crippen molar-refractivity contribution in [2.75, 3.05) is 18.0 Å². The Morgan fingerprint density at radius 1 is 1.05 bits per heavy atom. The zero-order chi connectivity index (χ0) is 14.1. The average molecular weight is 293 g/mol. The molecule has 104 valence electrons. The van der Waals surface area contributed by atoms with Gasteiger partial charge in [-0.15, -0.1) is 0 Å². The Bertz CT molecular complexity index is 759. The number of pyridine rings is 1. The number of nitrogens with zero attached hydrogens (tertiary/aromatic N) is 3. The summed E-state index contributed by atoms with van der Waals surface area (Å²) in [4.78, 5) is 12.4. The van der Waals surface area contributed by atoms with Gasteiger partial charge in [0.1, 0.15) is 10.3 Å². The minimum atomic E-state index is 0.921. The molecule has 0 saturated carbocycles. The highest BCUT2D eigenvalue weighted by Crippen LogP contribution is 2.30. The minimum absolute atomic E-state index is 0.921. The van der Waals surface area contributed by atoms with Crippen LogP contribution in [0.15, 0.2) is 54.7 Å². The van der Waals surface area contributed by atoms with Gasteiger partial charge in [0.15, 0.2) is 5.13 Å². The van der Waals surface area contributed by atoms with E-state index in [1.165, 1.54) is 11.1 Å². The minimum Gasteiger partial charge on any atom is -0.344 e. The van der Waals surface area contributed by atoms with Crippen molar-refractivity contribution in [1.29, 1.82) is 0 Å². The molecule has 2 aromatic heterocycles. The third kappa shape index (κ3) is 2.43. The summed E-state index contributed by atoms with van der Waals surface area (Å²) in [5.41, 5.74) is 3.77. The molecule has 1 aliphatic rings. The van der Waals surface area contributed by atoms with E-state index in [0.29, 0.717) is 0 Å². The molecule has 0 fully saturated rings. The predicted molar refractivity (Wildman–Crippen MR) is 88.7 cm³/mol. The zero-order valence-corrected chi connectivity index (χ0v) is 12.4. The molecular formula is C17H15N3S. The van der Waals surface area contributed by atoms with Crippen molar-refractivity contribution in [2.24, 2.45) is 0 Å². The van der Waals surface area contributed by atoms with Gasteiger partial charge in [0.05, 0.1) is 0 Å². The molecule has 1 aromatic carbocycles. The van der Waals surface area contributed by atoms with Crippen LogP contribution in [-0.2, 0) is 0 Å². The van der Waals surface area contributed by atoms with E-state index in [2.05, 4.69) is 51.3 Å². The second-order valence-corrected chi connectivity index (χ2v) is 6.07. The second kappa shape index (κ2) is 5.30. The van der Waals surface area contributed by atoms with E-state index in [-0.39, 0.29) is 0 Å². The predicted octanol–water partition coefficient (Wildman–Crippen LogP) is 3.99. The summed E-state index contributed by atoms with van der Waals surface area (Å²) >= 11 is 1.68. The van der Waals surface area contributed by atoms with Gasteiger partial charge in [-0.3, -0.25) is 0 Å². The first-order valence-corrected chi connectivity index (χ1v) is 7.93. The Morgan fingerprint density at radius 3 is 2.71 bits per heavy atom. The fourth-order valence-electron chi connectivity index (χ4n) is 2.65. The summed E-state index contributed by atoms with van der Waals surface area (Å²) in [5, 5.41) is 1.08. The first kappa shape index (κ1) is 12.5. The Balaban J connectivity index is 1.58. The third-order valence-electron chi connectivity index (χ3n) is 3.78. The van der Waals surface area contributed by atoms with E-state index in [9.17, 15) is 0 Å². The van der Waals surface area contributed by atoms with E-state index in [4.69, 9.17) is 0 Å². The molecule has 0 aliphatic carbocycles. The molecule has 4 rings (SSSR count). The maximum Gasteiger partial charge on any atom is 0.188 e. The van der Waals surface area contributed by atoms with Crippen molar-refractivity contribution in [3.8, 4) is 0 Å². The SMILES string of the molecule is C1=C(c2ccccc2)CCN(c2nc3cccnc3s2)C1. The van der Waals surface area contributed by atoms with Crippen LogP contribution in [0.25, 0.3) is 15.9 Å². The van der Waals surface area contributed by atoms with Gasteiger partial charge in [0.25, 0.3) is 0 Å². The standard InChI is InChI=1S/C17H15N3S/c1-2-5-13(6-3-1)14-8-11-20(12-9-14)17-19-15-7-4-10-18-16(15)21-17/h1-8,10H,9,11-12H2. The molecule has 4 heteroatoms. The molecule has 0 amide bonds. The number of benzene rings is 1. The fourth-order valence-corrected chi connectivity index (χ4v) is 3.59. The molecule has 0 spiro atoms. The monoisotopic (exact) mass is 293 g/mol. The highest BCUT2D eigenvalue weighted by Gasteiger charge is 2.16. The molecule has 0 atom stereocenters. The quantitative estimate of drug-likeness (QED) is 0.715. The van der Waals surface area contributed by atoms with Crippen molar-refractivity contribution < 1.29 is 0 Å². The summed E-state index contributed by atoms with van der Waals surface area (Å²) in [6.07, 6.45) is 5.21. The number of thiazole rings is 1. The highest BCUT2D eigenvalue weighted by molar-refractivity contribution is 7.21. The van der Waals surface area contributed by atoms with E-state index in [1.54, 1.807) is 11.3 Å². The Hall–Kier alpha value is -2.20. The maximum absolute atomic E-state index is 4.69. The summed E-state index contributed by atoms with van der Waals surface area (Å²) in [5.74, 6) is 0. The van der Waals surface area contributed by atoms with Crippen LogP contribution in [0.1, 0.15) is 12.0 Å². The van der Waals surface area contributed by atoms with E-state index >= 15 is 0 Å². The Labute approximate surface area is 127 Å². The number of fused-ring (bicyclic) bond motifs is 1. The topological polar surface area (TPSA) is 29.0 Å². The van der Waals surface area contributed by atoms with Gasteiger partial charge in [-0.2, -0.15) is 0 Å². The molecule has 0 bridgehead atoms. The van der Waals surface area contributed by atoms with Crippen LogP contribution < -0.4 is 4.90 Å². The maximum atomic E-state index is 4.69. The molecular weight excluding hydrogens is 278 g/mol. The van der Waals surface area contributed by atoms with Crippen molar-refractivity contribution in [3.63, 3.8) is 0 Å². The first-order chi connectivity index (χ1) is 10.4. The lowest BCUT2D eigenvalue weighted by atomic mass is 10.00. The van der Waals surface area contributed by atoms with Crippen LogP contribution in [-0.4, -0.2) is 23.1 Å². The molecule has 3 aromatic rings. The van der Waals surface area contributed by atoms with E-state index < -0.39 is 0 Å². The Morgan fingerprint density at radius 2 is 1.95 bits per heavy atom. The molecule has 21 heavy (non-hydrogen) atoms. The van der Waals surface area contributed by atoms with E-state index in [0.717, 1.165) is 35.0 Å². The molecule has 0 unspecified atom stereocenters. The van der Waals surface area contributed by atoms with Gasteiger partial charge in [0, 0.05) is 19.3 Å². The summed E-state index contributed by atoms with van der Waals surface area (Å²) in [6, 6.07) is 14.6. The van der Waals surface area contributed by atoms with Crippen molar-refractivity contribution in [1.82, 2.24) is 9.97 Å². The normalized spacial score (nSPS) is 15.2. The number of hydrogen-bond acceptors (Lipinski definition) is 4. The van der Waals surface area contributed by atoms with Crippen LogP contribution in [0.4, 0.5) is 5.13 Å². The molecule has 0 saturated heterocycles. The van der Waals surface area contributed by atoms with Crippen LogP contribution in [0.5, 0.6) is 0 Å². The Kier molecular flexibility index (Phi) is 3.16. The number of hydrogen-bond donors (Lipinski definition) is 0. The average Bonchev–Trinajstić information content (AvgIpc) is 3.00. The van der Waals surface area contributed by atoms with Gasteiger partial charge >= 0.3 is 0 Å². The van der Waals surface area contributed by atoms with Gasteiger partial charge in [-0.1, -0.05) is 47.7 Å². The smallest absolute Gasteiger partial charge is 0.188 e. The lowest BCUT2D eigenvalue weighted by molar-refractivity contribution is 0.829. The van der Waals surface area contributed by atoms with Gasteiger partial charge in [-0.25, -0.2) is 9.97 Å².